The lowest BCUT2D eigenvalue weighted by Crippen LogP contribution is -2.23. The molecule has 0 aliphatic heterocycles. The molecule has 1 aromatic carbocycles. The zero-order valence-electron chi connectivity index (χ0n) is 14.4. The molecule has 1 atom stereocenters. The first kappa shape index (κ1) is 18.3. The van der Waals surface area contributed by atoms with Crippen molar-refractivity contribution in [2.75, 3.05) is 14.2 Å². The van der Waals surface area contributed by atoms with Crippen LogP contribution >= 0.6 is 11.8 Å². The summed E-state index contributed by atoms with van der Waals surface area (Å²) in [5.74, 6) is 1.56. The molecule has 0 aliphatic rings. The Labute approximate surface area is 146 Å². The third-order valence-electron chi connectivity index (χ3n) is 3.47. The van der Waals surface area contributed by atoms with Crippen LogP contribution in [0, 0.1) is 5.92 Å². The van der Waals surface area contributed by atoms with Crippen molar-refractivity contribution in [3.05, 3.63) is 36.2 Å². The van der Waals surface area contributed by atoms with Crippen molar-refractivity contribution in [1.82, 2.24) is 15.0 Å². The average molecular weight is 349 g/mol. The molecule has 0 spiro atoms. The van der Waals surface area contributed by atoms with Crippen LogP contribution in [0.4, 0.5) is 0 Å². The standard InChI is InChI=1S/C17H23N3O3S/c1-12(2)8-16(17(21)23-4)20-10-13(18-19-20)11-24-15-7-5-6-14(9-15)22-3/h5-7,9-10,12,16H,8,11H2,1-4H3. The fourth-order valence-electron chi connectivity index (χ4n) is 2.27. The van der Waals surface area contributed by atoms with Crippen LogP contribution in [0.5, 0.6) is 5.75 Å². The van der Waals surface area contributed by atoms with E-state index in [0.717, 1.165) is 16.3 Å². The third kappa shape index (κ3) is 4.99. The van der Waals surface area contributed by atoms with Crippen LogP contribution in [0.25, 0.3) is 0 Å². The maximum absolute atomic E-state index is 12.0. The quantitative estimate of drug-likeness (QED) is 0.538. The van der Waals surface area contributed by atoms with Crippen molar-refractivity contribution in [2.45, 2.75) is 37.0 Å². The molecule has 24 heavy (non-hydrogen) atoms. The predicted octanol–water partition coefficient (Wildman–Crippen LogP) is 3.34. The van der Waals surface area contributed by atoms with Gasteiger partial charge in [0.15, 0.2) is 6.04 Å². The van der Waals surface area contributed by atoms with E-state index in [1.807, 2.05) is 30.5 Å². The molecule has 0 radical (unpaired) electrons. The summed E-state index contributed by atoms with van der Waals surface area (Å²) in [5.41, 5.74) is 0.820. The van der Waals surface area contributed by atoms with Crippen LogP contribution in [0.15, 0.2) is 35.4 Å². The van der Waals surface area contributed by atoms with Gasteiger partial charge in [-0.1, -0.05) is 25.1 Å². The Morgan fingerprint density at radius 2 is 2.12 bits per heavy atom. The van der Waals surface area contributed by atoms with Crippen LogP contribution in [0.3, 0.4) is 0 Å². The minimum Gasteiger partial charge on any atom is -0.497 e. The number of ether oxygens (including phenoxy) is 2. The number of aromatic nitrogens is 3. The van der Waals surface area contributed by atoms with Crippen LogP contribution in [0.2, 0.25) is 0 Å². The van der Waals surface area contributed by atoms with E-state index in [1.54, 1.807) is 23.6 Å². The Morgan fingerprint density at radius 3 is 2.79 bits per heavy atom. The van der Waals surface area contributed by atoms with Crippen LogP contribution in [-0.2, 0) is 15.3 Å². The van der Waals surface area contributed by atoms with E-state index in [-0.39, 0.29) is 5.97 Å². The summed E-state index contributed by atoms with van der Waals surface area (Å²) in [6.07, 6.45) is 2.48. The van der Waals surface area contributed by atoms with Gasteiger partial charge in [0, 0.05) is 10.6 Å². The number of methoxy groups -OCH3 is 2. The molecular weight excluding hydrogens is 326 g/mol. The van der Waals surface area contributed by atoms with E-state index in [1.165, 1.54) is 7.11 Å². The topological polar surface area (TPSA) is 66.2 Å². The van der Waals surface area contributed by atoms with Crippen LogP contribution in [-0.4, -0.2) is 35.2 Å². The lowest BCUT2D eigenvalue weighted by molar-refractivity contribution is -0.145. The lowest BCUT2D eigenvalue weighted by atomic mass is 10.0. The van der Waals surface area contributed by atoms with Gasteiger partial charge in [-0.2, -0.15) is 0 Å². The van der Waals surface area contributed by atoms with Gasteiger partial charge in [-0.05, 0) is 30.5 Å². The van der Waals surface area contributed by atoms with E-state index in [0.29, 0.717) is 18.1 Å². The highest BCUT2D eigenvalue weighted by Crippen LogP contribution is 2.26. The molecule has 1 unspecified atom stereocenters. The smallest absolute Gasteiger partial charge is 0.330 e. The fourth-order valence-corrected chi connectivity index (χ4v) is 3.10. The summed E-state index contributed by atoms with van der Waals surface area (Å²) in [6.45, 7) is 4.12. The highest BCUT2D eigenvalue weighted by atomic mass is 32.2. The minimum absolute atomic E-state index is 0.291. The van der Waals surface area contributed by atoms with Crippen molar-refractivity contribution in [2.24, 2.45) is 5.92 Å². The largest absolute Gasteiger partial charge is 0.497 e. The summed E-state index contributed by atoms with van der Waals surface area (Å²) >= 11 is 1.64. The van der Waals surface area contributed by atoms with Gasteiger partial charge in [-0.15, -0.1) is 16.9 Å². The van der Waals surface area contributed by atoms with Crippen molar-refractivity contribution >= 4 is 17.7 Å². The molecule has 0 N–H and O–H groups in total. The molecule has 7 heteroatoms. The first-order valence-corrected chi connectivity index (χ1v) is 8.77. The van der Waals surface area contributed by atoms with E-state index in [4.69, 9.17) is 9.47 Å². The van der Waals surface area contributed by atoms with Crippen LogP contribution < -0.4 is 4.74 Å². The number of rotatable bonds is 8. The number of hydrogen-bond donors (Lipinski definition) is 0. The highest BCUT2D eigenvalue weighted by Gasteiger charge is 2.24. The predicted molar refractivity (Wildman–Crippen MR) is 93.1 cm³/mol. The first-order chi connectivity index (χ1) is 11.5. The second-order valence-corrected chi connectivity index (χ2v) is 6.87. The summed E-state index contributed by atoms with van der Waals surface area (Å²) in [5, 5.41) is 8.28. The van der Waals surface area contributed by atoms with Gasteiger partial charge in [-0.25, -0.2) is 9.48 Å². The molecule has 1 aromatic heterocycles. The number of esters is 1. The molecule has 1 heterocycles. The number of hydrogen-bond acceptors (Lipinski definition) is 6. The summed E-state index contributed by atoms with van der Waals surface area (Å²) in [4.78, 5) is 13.1. The monoisotopic (exact) mass is 349 g/mol. The molecular formula is C17H23N3O3S. The van der Waals surface area contributed by atoms with E-state index in [9.17, 15) is 4.79 Å². The van der Waals surface area contributed by atoms with E-state index < -0.39 is 6.04 Å². The maximum Gasteiger partial charge on any atom is 0.330 e. The number of thioether (sulfide) groups is 1. The summed E-state index contributed by atoms with van der Waals surface area (Å²) < 4.78 is 11.7. The maximum atomic E-state index is 12.0. The van der Waals surface area contributed by atoms with Gasteiger partial charge in [0.05, 0.1) is 26.1 Å². The molecule has 2 aromatic rings. The molecule has 0 amide bonds. The zero-order chi connectivity index (χ0) is 17.5. The third-order valence-corrected chi connectivity index (χ3v) is 4.50. The molecule has 2 rings (SSSR count). The average Bonchev–Trinajstić information content (AvgIpc) is 3.06. The van der Waals surface area contributed by atoms with Crippen molar-refractivity contribution in [1.29, 1.82) is 0 Å². The van der Waals surface area contributed by atoms with Gasteiger partial charge < -0.3 is 9.47 Å². The SMILES string of the molecule is COC(=O)C(CC(C)C)n1cc(CSc2cccc(OC)c2)nn1. The lowest BCUT2D eigenvalue weighted by Gasteiger charge is -2.16. The Balaban J connectivity index is 2.04. The van der Waals surface area contributed by atoms with Gasteiger partial charge in [0.1, 0.15) is 5.75 Å². The molecule has 6 nitrogen and oxygen atoms in total. The normalized spacial score (nSPS) is 12.2. The molecule has 130 valence electrons. The summed E-state index contributed by atoms with van der Waals surface area (Å²) in [6, 6.07) is 7.43. The highest BCUT2D eigenvalue weighted by molar-refractivity contribution is 7.98. The van der Waals surface area contributed by atoms with E-state index >= 15 is 0 Å². The Bertz CT molecular complexity index is 673. The van der Waals surface area contributed by atoms with E-state index in [2.05, 4.69) is 24.2 Å². The van der Waals surface area contributed by atoms with Gasteiger partial charge in [0.2, 0.25) is 0 Å². The second-order valence-electron chi connectivity index (χ2n) is 5.83. The molecule has 0 fully saturated rings. The molecule has 0 saturated heterocycles. The second kappa shape index (κ2) is 8.73. The van der Waals surface area contributed by atoms with Crippen molar-refractivity contribution in [3.8, 4) is 5.75 Å². The van der Waals surface area contributed by atoms with Crippen molar-refractivity contribution < 1.29 is 14.3 Å². The number of nitrogens with zero attached hydrogens (tertiary/aromatic N) is 3. The minimum atomic E-state index is -0.432. The first-order valence-electron chi connectivity index (χ1n) is 7.79. The fraction of sp³-hybridized carbons (Fsp3) is 0.471. The number of benzene rings is 1. The number of carbonyl (C=O) groups is 1. The van der Waals surface area contributed by atoms with Crippen molar-refractivity contribution in [3.63, 3.8) is 0 Å². The Hall–Kier alpha value is -2.02. The van der Waals surface area contributed by atoms with Gasteiger partial charge in [0.25, 0.3) is 0 Å². The summed E-state index contributed by atoms with van der Waals surface area (Å²) in [7, 11) is 3.04. The Kier molecular flexibility index (Phi) is 6.66. The zero-order valence-corrected chi connectivity index (χ0v) is 15.2. The molecule has 0 saturated carbocycles. The molecule has 0 aliphatic carbocycles. The number of carbonyl (C=O) groups excluding carboxylic acids is 1. The Morgan fingerprint density at radius 1 is 1.33 bits per heavy atom. The molecule has 0 bridgehead atoms. The van der Waals surface area contributed by atoms with Gasteiger partial charge >= 0.3 is 5.97 Å². The van der Waals surface area contributed by atoms with Gasteiger partial charge in [-0.3, -0.25) is 0 Å². The van der Waals surface area contributed by atoms with Crippen LogP contribution in [0.1, 0.15) is 32.0 Å².